The van der Waals surface area contributed by atoms with E-state index >= 15 is 0 Å². The lowest BCUT2D eigenvalue weighted by atomic mass is 9.79. The van der Waals surface area contributed by atoms with Crippen LogP contribution in [0.15, 0.2) is 36.2 Å². The van der Waals surface area contributed by atoms with Crippen molar-refractivity contribution >= 4 is 0 Å². The summed E-state index contributed by atoms with van der Waals surface area (Å²) in [5.41, 5.74) is 2.54. The highest BCUT2D eigenvalue weighted by Gasteiger charge is 2.35. The SMILES string of the molecule is Cc1ccc(CCC2CCC(C=C(F)C(F)(F)F)CC2)cc1. The van der Waals surface area contributed by atoms with Gasteiger partial charge in [0.05, 0.1) is 0 Å². The van der Waals surface area contributed by atoms with Crippen molar-refractivity contribution in [3.05, 3.63) is 47.3 Å². The van der Waals surface area contributed by atoms with E-state index in [1.54, 1.807) is 0 Å². The first-order valence-electron chi connectivity index (χ1n) is 7.84. The Morgan fingerprint density at radius 1 is 1.09 bits per heavy atom. The molecule has 0 atom stereocenters. The molecule has 22 heavy (non-hydrogen) atoms. The Kier molecular flexibility index (Phi) is 5.65. The molecule has 1 saturated carbocycles. The van der Waals surface area contributed by atoms with Crippen LogP contribution in [0.4, 0.5) is 17.6 Å². The lowest BCUT2D eigenvalue weighted by molar-refractivity contribution is -0.109. The van der Waals surface area contributed by atoms with E-state index in [2.05, 4.69) is 31.2 Å². The van der Waals surface area contributed by atoms with Crippen LogP contribution in [0, 0.1) is 18.8 Å². The third-order valence-electron chi connectivity index (χ3n) is 4.51. The summed E-state index contributed by atoms with van der Waals surface area (Å²) in [6, 6.07) is 8.44. The number of rotatable bonds is 4. The molecule has 122 valence electrons. The fraction of sp³-hybridized carbons (Fsp3) is 0.556. The van der Waals surface area contributed by atoms with Crippen LogP contribution in [0.5, 0.6) is 0 Å². The van der Waals surface area contributed by atoms with Gasteiger partial charge in [-0.15, -0.1) is 0 Å². The van der Waals surface area contributed by atoms with Crippen LogP contribution >= 0.6 is 0 Å². The summed E-state index contributed by atoms with van der Waals surface area (Å²) in [4.78, 5) is 0. The number of benzene rings is 1. The number of hydrogen-bond acceptors (Lipinski definition) is 0. The van der Waals surface area contributed by atoms with Gasteiger partial charge in [-0.25, -0.2) is 4.39 Å². The number of alkyl halides is 3. The van der Waals surface area contributed by atoms with E-state index in [4.69, 9.17) is 0 Å². The van der Waals surface area contributed by atoms with Gasteiger partial charge in [-0.2, -0.15) is 13.2 Å². The fourth-order valence-electron chi connectivity index (χ4n) is 3.07. The number of aryl methyl sites for hydroxylation is 2. The fourth-order valence-corrected chi connectivity index (χ4v) is 3.07. The van der Waals surface area contributed by atoms with Gasteiger partial charge in [0, 0.05) is 0 Å². The average Bonchev–Trinajstić information content (AvgIpc) is 2.47. The van der Waals surface area contributed by atoms with Crippen molar-refractivity contribution in [2.45, 2.75) is 51.6 Å². The molecule has 1 aliphatic carbocycles. The molecule has 0 aromatic heterocycles. The maximum absolute atomic E-state index is 12.9. The standard InChI is InChI=1S/C18H22F4/c1-13-2-4-14(5-3-13)6-7-15-8-10-16(11-9-15)12-17(19)18(20,21)22/h2-5,12,15-16H,6-11H2,1H3. The van der Waals surface area contributed by atoms with Crippen molar-refractivity contribution in [1.29, 1.82) is 0 Å². The molecule has 0 saturated heterocycles. The second-order valence-corrected chi connectivity index (χ2v) is 6.32. The molecule has 0 heterocycles. The van der Waals surface area contributed by atoms with E-state index < -0.39 is 12.0 Å². The maximum atomic E-state index is 12.9. The molecule has 0 spiro atoms. The summed E-state index contributed by atoms with van der Waals surface area (Å²) in [5.74, 6) is -1.66. The van der Waals surface area contributed by atoms with Gasteiger partial charge in [-0.3, -0.25) is 0 Å². The summed E-state index contributed by atoms with van der Waals surface area (Å²) < 4.78 is 49.5. The Labute approximate surface area is 129 Å². The van der Waals surface area contributed by atoms with Crippen molar-refractivity contribution in [1.82, 2.24) is 0 Å². The summed E-state index contributed by atoms with van der Waals surface area (Å²) in [6.45, 7) is 2.05. The largest absolute Gasteiger partial charge is 0.442 e. The summed E-state index contributed by atoms with van der Waals surface area (Å²) in [7, 11) is 0. The Hall–Kier alpha value is -1.32. The second-order valence-electron chi connectivity index (χ2n) is 6.32. The molecule has 1 aromatic carbocycles. The van der Waals surface area contributed by atoms with Crippen molar-refractivity contribution in [2.75, 3.05) is 0 Å². The van der Waals surface area contributed by atoms with E-state index in [9.17, 15) is 17.6 Å². The second kappa shape index (κ2) is 7.30. The Balaban J connectivity index is 1.76. The van der Waals surface area contributed by atoms with Crippen molar-refractivity contribution in [3.63, 3.8) is 0 Å². The zero-order valence-corrected chi connectivity index (χ0v) is 12.8. The van der Waals surface area contributed by atoms with Crippen LogP contribution in [-0.4, -0.2) is 6.18 Å². The van der Waals surface area contributed by atoms with Crippen molar-refractivity contribution < 1.29 is 17.6 Å². The van der Waals surface area contributed by atoms with Crippen LogP contribution in [0.1, 0.15) is 43.2 Å². The molecule has 0 nitrogen and oxygen atoms in total. The molecule has 4 heteroatoms. The van der Waals surface area contributed by atoms with E-state index in [0.717, 1.165) is 31.8 Å². The molecule has 0 N–H and O–H groups in total. The highest BCUT2D eigenvalue weighted by molar-refractivity contribution is 5.21. The molecule has 0 bridgehead atoms. The predicted octanol–water partition coefficient (Wildman–Crippen LogP) is 6.15. The summed E-state index contributed by atoms with van der Waals surface area (Å²) in [5, 5.41) is 0. The monoisotopic (exact) mass is 314 g/mol. The summed E-state index contributed by atoms with van der Waals surface area (Å²) >= 11 is 0. The minimum Gasteiger partial charge on any atom is -0.202 e. The zero-order chi connectivity index (χ0) is 16.2. The van der Waals surface area contributed by atoms with Crippen LogP contribution in [0.25, 0.3) is 0 Å². The van der Waals surface area contributed by atoms with Gasteiger partial charge in [0.2, 0.25) is 0 Å². The molecular formula is C18H22F4. The average molecular weight is 314 g/mol. The molecule has 1 aromatic rings. The molecule has 0 radical (unpaired) electrons. The topological polar surface area (TPSA) is 0 Å². The van der Waals surface area contributed by atoms with Gasteiger partial charge in [-0.1, -0.05) is 29.8 Å². The molecular weight excluding hydrogens is 292 g/mol. The quantitative estimate of drug-likeness (QED) is 0.585. The van der Waals surface area contributed by atoms with Gasteiger partial charge in [0.1, 0.15) is 0 Å². The van der Waals surface area contributed by atoms with Crippen LogP contribution in [-0.2, 0) is 6.42 Å². The van der Waals surface area contributed by atoms with Gasteiger partial charge in [0.25, 0.3) is 0 Å². The molecule has 0 unspecified atom stereocenters. The first kappa shape index (κ1) is 17.0. The molecule has 1 aliphatic rings. The van der Waals surface area contributed by atoms with E-state index in [1.165, 1.54) is 11.1 Å². The normalized spacial score (nSPS) is 23.6. The maximum Gasteiger partial charge on any atom is 0.442 e. The minimum absolute atomic E-state index is 0.266. The predicted molar refractivity (Wildman–Crippen MR) is 80.2 cm³/mol. The lowest BCUT2D eigenvalue weighted by Crippen LogP contribution is -2.16. The van der Waals surface area contributed by atoms with Crippen molar-refractivity contribution in [2.24, 2.45) is 11.8 Å². The van der Waals surface area contributed by atoms with Crippen LogP contribution in [0.3, 0.4) is 0 Å². The first-order chi connectivity index (χ1) is 10.3. The van der Waals surface area contributed by atoms with E-state index in [1.807, 2.05) is 0 Å². The Morgan fingerprint density at radius 3 is 2.23 bits per heavy atom. The van der Waals surface area contributed by atoms with Gasteiger partial charge < -0.3 is 0 Å². The number of hydrogen-bond donors (Lipinski definition) is 0. The number of halogens is 4. The minimum atomic E-state index is -4.83. The van der Waals surface area contributed by atoms with Crippen LogP contribution < -0.4 is 0 Å². The lowest BCUT2D eigenvalue weighted by Gasteiger charge is -2.27. The van der Waals surface area contributed by atoms with Crippen molar-refractivity contribution in [3.8, 4) is 0 Å². The first-order valence-corrected chi connectivity index (χ1v) is 7.84. The third-order valence-corrected chi connectivity index (χ3v) is 4.51. The van der Waals surface area contributed by atoms with Gasteiger partial charge >= 0.3 is 6.18 Å². The highest BCUT2D eigenvalue weighted by Crippen LogP contribution is 2.35. The Bertz CT molecular complexity index is 491. The number of allylic oxidation sites excluding steroid dienone is 2. The highest BCUT2D eigenvalue weighted by atomic mass is 19.4. The van der Waals surface area contributed by atoms with E-state index in [-0.39, 0.29) is 5.92 Å². The zero-order valence-electron chi connectivity index (χ0n) is 12.8. The molecule has 0 aliphatic heterocycles. The van der Waals surface area contributed by atoms with Crippen LogP contribution in [0.2, 0.25) is 0 Å². The smallest absolute Gasteiger partial charge is 0.202 e. The van der Waals surface area contributed by atoms with E-state index in [0.29, 0.717) is 18.8 Å². The molecule has 0 amide bonds. The Morgan fingerprint density at radius 2 is 1.68 bits per heavy atom. The molecule has 2 rings (SSSR count). The third kappa shape index (κ3) is 5.15. The van der Waals surface area contributed by atoms with Gasteiger partial charge in [-0.05, 0) is 68.9 Å². The molecule has 1 fully saturated rings. The van der Waals surface area contributed by atoms with Gasteiger partial charge in [0.15, 0.2) is 5.83 Å². The summed E-state index contributed by atoms with van der Waals surface area (Å²) in [6.07, 6.45) is 1.09.